The highest BCUT2D eigenvalue weighted by molar-refractivity contribution is 7.98. The third-order valence-electron chi connectivity index (χ3n) is 5.20. The van der Waals surface area contributed by atoms with Crippen LogP contribution >= 0.6 is 11.8 Å². The van der Waals surface area contributed by atoms with Crippen LogP contribution in [-0.2, 0) is 25.7 Å². The van der Waals surface area contributed by atoms with Crippen LogP contribution in [0, 0.1) is 5.92 Å². The molecule has 0 spiro atoms. The number of rotatable bonds is 8. The van der Waals surface area contributed by atoms with E-state index in [1.165, 1.54) is 7.11 Å². The van der Waals surface area contributed by atoms with Gasteiger partial charge in [0.25, 0.3) is 0 Å². The number of anilines is 1. The van der Waals surface area contributed by atoms with E-state index in [1.54, 1.807) is 21.6 Å². The summed E-state index contributed by atoms with van der Waals surface area (Å²) in [7, 11) is 1.33. The van der Waals surface area contributed by atoms with E-state index >= 15 is 0 Å². The van der Waals surface area contributed by atoms with Crippen LogP contribution < -0.4 is 4.90 Å². The molecule has 1 heterocycles. The summed E-state index contributed by atoms with van der Waals surface area (Å²) in [4.78, 5) is 42.0. The molecule has 0 N–H and O–H groups in total. The summed E-state index contributed by atoms with van der Waals surface area (Å²) in [6, 6.07) is 17.4. The summed E-state index contributed by atoms with van der Waals surface area (Å²) in [6.45, 7) is 0.997. The highest BCUT2D eigenvalue weighted by Gasteiger charge is 2.37. The summed E-state index contributed by atoms with van der Waals surface area (Å²) in [5.41, 5.74) is 1.78. The molecule has 2 aromatic rings. The van der Waals surface area contributed by atoms with Crippen molar-refractivity contribution in [2.45, 2.75) is 24.3 Å². The van der Waals surface area contributed by atoms with Crippen molar-refractivity contribution >= 4 is 35.2 Å². The zero-order chi connectivity index (χ0) is 21.5. The molecule has 1 unspecified atom stereocenters. The number of ether oxygens (including phenoxy) is 1. The first-order valence-corrected chi connectivity index (χ1v) is 11.1. The molecular weight excluding hydrogens is 400 g/mol. The van der Waals surface area contributed by atoms with Crippen LogP contribution in [0.1, 0.15) is 18.4 Å². The second-order valence-electron chi connectivity index (χ2n) is 7.17. The van der Waals surface area contributed by atoms with Gasteiger partial charge in [-0.05, 0) is 36.1 Å². The maximum Gasteiger partial charge on any atom is 0.307 e. The topological polar surface area (TPSA) is 66.9 Å². The molecule has 2 amide bonds. The number of esters is 1. The number of amides is 2. The molecular formula is C23H26N2O4S. The molecule has 158 valence electrons. The Labute approximate surface area is 181 Å². The van der Waals surface area contributed by atoms with Crippen molar-refractivity contribution in [2.24, 2.45) is 5.92 Å². The summed E-state index contributed by atoms with van der Waals surface area (Å²) in [6.07, 6.45) is 2.29. The van der Waals surface area contributed by atoms with Gasteiger partial charge in [-0.2, -0.15) is 0 Å². The molecule has 1 aliphatic heterocycles. The second kappa shape index (κ2) is 10.3. The largest absolute Gasteiger partial charge is 0.469 e. The third-order valence-corrected chi connectivity index (χ3v) is 5.94. The lowest BCUT2D eigenvalue weighted by Crippen LogP contribution is -2.38. The van der Waals surface area contributed by atoms with Gasteiger partial charge in [-0.1, -0.05) is 30.3 Å². The molecule has 1 fully saturated rings. The number of methoxy groups -OCH3 is 1. The number of nitrogens with zero attached hydrogens (tertiary/aromatic N) is 2. The number of thioether (sulfide) groups is 1. The number of benzene rings is 2. The van der Waals surface area contributed by atoms with Crippen LogP contribution in [0.25, 0.3) is 0 Å². The summed E-state index contributed by atoms with van der Waals surface area (Å²) < 4.78 is 4.73. The first-order chi connectivity index (χ1) is 14.5. The van der Waals surface area contributed by atoms with Crippen LogP contribution in [0.15, 0.2) is 59.5 Å². The van der Waals surface area contributed by atoms with Crippen LogP contribution in [-0.4, -0.2) is 49.1 Å². The summed E-state index contributed by atoms with van der Waals surface area (Å²) in [5, 5.41) is 0. The lowest BCUT2D eigenvalue weighted by molar-refractivity contribution is -0.142. The maximum atomic E-state index is 13.3. The van der Waals surface area contributed by atoms with E-state index in [4.69, 9.17) is 4.74 Å². The average molecular weight is 427 g/mol. The molecule has 1 saturated heterocycles. The zero-order valence-electron chi connectivity index (χ0n) is 17.2. The molecule has 30 heavy (non-hydrogen) atoms. The molecule has 1 atom stereocenters. The van der Waals surface area contributed by atoms with Gasteiger partial charge in [0.2, 0.25) is 11.8 Å². The van der Waals surface area contributed by atoms with Gasteiger partial charge in [0, 0.05) is 36.6 Å². The normalized spacial score (nSPS) is 15.9. The van der Waals surface area contributed by atoms with E-state index < -0.39 is 5.92 Å². The van der Waals surface area contributed by atoms with Crippen molar-refractivity contribution in [1.82, 2.24) is 4.90 Å². The van der Waals surface area contributed by atoms with Crippen molar-refractivity contribution in [3.05, 3.63) is 60.2 Å². The van der Waals surface area contributed by atoms with Crippen LogP contribution in [0.3, 0.4) is 0 Å². The van der Waals surface area contributed by atoms with Crippen molar-refractivity contribution in [3.63, 3.8) is 0 Å². The highest BCUT2D eigenvalue weighted by atomic mass is 32.2. The standard InChI is InChI=1S/C23H26N2O4S/c1-29-22(27)12-13-24(15-17-6-4-3-5-7-17)23(28)18-14-21(26)25(16-18)19-8-10-20(30-2)11-9-19/h3-11,18H,12-16H2,1-2H3. The molecule has 0 aromatic heterocycles. The molecule has 2 aromatic carbocycles. The number of carbonyl (C=O) groups excluding carboxylic acids is 3. The van der Waals surface area contributed by atoms with Gasteiger partial charge >= 0.3 is 5.97 Å². The first kappa shape index (κ1) is 21.9. The van der Waals surface area contributed by atoms with E-state index in [9.17, 15) is 14.4 Å². The molecule has 0 aliphatic carbocycles. The fraction of sp³-hybridized carbons (Fsp3) is 0.348. The van der Waals surface area contributed by atoms with Gasteiger partial charge in [0.15, 0.2) is 0 Å². The number of carbonyl (C=O) groups is 3. The lowest BCUT2D eigenvalue weighted by atomic mass is 10.1. The van der Waals surface area contributed by atoms with Gasteiger partial charge in [0.05, 0.1) is 19.4 Å². The molecule has 6 nitrogen and oxygen atoms in total. The van der Waals surface area contributed by atoms with E-state index in [2.05, 4.69) is 0 Å². The lowest BCUT2D eigenvalue weighted by Gasteiger charge is -2.25. The first-order valence-electron chi connectivity index (χ1n) is 9.85. The Morgan fingerprint density at radius 2 is 1.83 bits per heavy atom. The van der Waals surface area contributed by atoms with Crippen molar-refractivity contribution in [3.8, 4) is 0 Å². The number of hydrogen-bond donors (Lipinski definition) is 0. The smallest absolute Gasteiger partial charge is 0.307 e. The van der Waals surface area contributed by atoms with E-state index in [-0.39, 0.29) is 37.2 Å². The predicted molar refractivity (Wildman–Crippen MR) is 117 cm³/mol. The summed E-state index contributed by atoms with van der Waals surface area (Å²) in [5.74, 6) is -0.963. The fourth-order valence-corrected chi connectivity index (χ4v) is 3.95. The second-order valence-corrected chi connectivity index (χ2v) is 8.05. The van der Waals surface area contributed by atoms with E-state index in [0.29, 0.717) is 13.1 Å². The molecule has 3 rings (SSSR count). The summed E-state index contributed by atoms with van der Waals surface area (Å²) >= 11 is 1.64. The van der Waals surface area contributed by atoms with Crippen LogP contribution in [0.2, 0.25) is 0 Å². The van der Waals surface area contributed by atoms with Gasteiger partial charge in [-0.25, -0.2) is 0 Å². The minimum Gasteiger partial charge on any atom is -0.469 e. The van der Waals surface area contributed by atoms with Crippen molar-refractivity contribution in [1.29, 1.82) is 0 Å². The van der Waals surface area contributed by atoms with Crippen LogP contribution in [0.4, 0.5) is 5.69 Å². The van der Waals surface area contributed by atoms with Crippen LogP contribution in [0.5, 0.6) is 0 Å². The Morgan fingerprint density at radius 3 is 2.47 bits per heavy atom. The van der Waals surface area contributed by atoms with E-state index in [1.807, 2.05) is 60.9 Å². The molecule has 0 saturated carbocycles. The quantitative estimate of drug-likeness (QED) is 0.478. The Balaban J connectivity index is 1.72. The zero-order valence-corrected chi connectivity index (χ0v) is 18.1. The van der Waals surface area contributed by atoms with E-state index in [0.717, 1.165) is 16.1 Å². The maximum absolute atomic E-state index is 13.3. The Kier molecular flexibility index (Phi) is 7.52. The molecule has 0 radical (unpaired) electrons. The highest BCUT2D eigenvalue weighted by Crippen LogP contribution is 2.28. The molecule has 7 heteroatoms. The molecule has 1 aliphatic rings. The van der Waals surface area contributed by atoms with Gasteiger partial charge in [-0.15, -0.1) is 11.8 Å². The monoisotopic (exact) mass is 426 g/mol. The number of hydrogen-bond acceptors (Lipinski definition) is 5. The van der Waals surface area contributed by atoms with Crippen molar-refractivity contribution < 1.29 is 19.1 Å². The Bertz CT molecular complexity index is 886. The Morgan fingerprint density at radius 1 is 1.13 bits per heavy atom. The fourth-order valence-electron chi connectivity index (χ4n) is 3.54. The molecule has 0 bridgehead atoms. The average Bonchev–Trinajstić information content (AvgIpc) is 3.18. The predicted octanol–water partition coefficient (Wildman–Crippen LogP) is 3.35. The van der Waals surface area contributed by atoms with Gasteiger partial charge in [-0.3, -0.25) is 14.4 Å². The minimum absolute atomic E-state index is 0.0575. The van der Waals surface area contributed by atoms with Crippen molar-refractivity contribution in [2.75, 3.05) is 31.4 Å². The van der Waals surface area contributed by atoms with Gasteiger partial charge < -0.3 is 14.5 Å². The SMILES string of the molecule is COC(=O)CCN(Cc1ccccc1)C(=O)C1CC(=O)N(c2ccc(SC)cc2)C1. The minimum atomic E-state index is -0.431. The Hall–Kier alpha value is -2.80. The van der Waals surface area contributed by atoms with Gasteiger partial charge in [0.1, 0.15) is 0 Å². The third kappa shape index (κ3) is 5.42.